The Morgan fingerprint density at radius 2 is 1.83 bits per heavy atom. The second kappa shape index (κ2) is 6.32. The quantitative estimate of drug-likeness (QED) is 0.630. The van der Waals surface area contributed by atoms with Gasteiger partial charge in [-0.05, 0) is 37.9 Å². The van der Waals surface area contributed by atoms with Crippen molar-refractivity contribution in [1.29, 1.82) is 0 Å². The number of hydrogen-bond donors (Lipinski definition) is 1. The molecule has 0 bridgehead atoms. The lowest BCUT2D eigenvalue weighted by molar-refractivity contribution is -0.146. The average Bonchev–Trinajstić information content (AvgIpc) is 2.37. The first-order chi connectivity index (χ1) is 10.5. The number of hydrogen-bond acceptors (Lipinski definition) is 3. The fourth-order valence-corrected chi connectivity index (χ4v) is 5.07. The normalized spacial score (nSPS) is 33.9. The van der Waals surface area contributed by atoms with Crippen LogP contribution in [0.2, 0.25) is 18.1 Å². The summed E-state index contributed by atoms with van der Waals surface area (Å²) in [6.07, 6.45) is 2.84. The summed E-state index contributed by atoms with van der Waals surface area (Å²) < 4.78 is 6.43. The molecular weight excluding hydrogens is 306 g/mol. The van der Waals surface area contributed by atoms with E-state index in [4.69, 9.17) is 4.43 Å². The number of Topliss-reactive ketones (excluding diaryl/α,β-unsaturated/α-hetero) is 1. The van der Waals surface area contributed by atoms with Gasteiger partial charge < -0.3 is 9.74 Å². The Morgan fingerprint density at radius 3 is 2.35 bits per heavy atom. The summed E-state index contributed by atoms with van der Waals surface area (Å²) in [7, 11) is -1.92. The third kappa shape index (κ3) is 3.55. The molecule has 0 radical (unpaired) electrons. The van der Waals surface area contributed by atoms with Gasteiger partial charge in [0.2, 0.25) is 5.91 Å². The van der Waals surface area contributed by atoms with Gasteiger partial charge >= 0.3 is 0 Å². The predicted octanol–water partition coefficient (Wildman–Crippen LogP) is 3.52. The topological polar surface area (TPSA) is 55.4 Å². The first-order valence-electron chi connectivity index (χ1n) is 8.97. The zero-order valence-electron chi connectivity index (χ0n) is 15.7. The van der Waals surface area contributed by atoms with Crippen molar-refractivity contribution in [3.8, 4) is 0 Å². The van der Waals surface area contributed by atoms with Crippen LogP contribution >= 0.6 is 0 Å². The second-order valence-corrected chi connectivity index (χ2v) is 13.7. The molecule has 4 nitrogen and oxygen atoms in total. The van der Waals surface area contributed by atoms with Crippen molar-refractivity contribution in [2.24, 2.45) is 17.8 Å². The molecule has 23 heavy (non-hydrogen) atoms. The third-order valence-electron chi connectivity index (χ3n) is 6.23. The van der Waals surface area contributed by atoms with E-state index < -0.39 is 8.32 Å². The molecule has 5 atom stereocenters. The molecule has 2 fully saturated rings. The summed E-state index contributed by atoms with van der Waals surface area (Å²) in [5.74, 6) is 0.303. The Kier molecular flexibility index (Phi) is 5.12. The van der Waals surface area contributed by atoms with Crippen LogP contribution in [0.3, 0.4) is 0 Å². The number of β-lactam (4-membered cyclic amide) rings is 1. The van der Waals surface area contributed by atoms with Crippen molar-refractivity contribution in [3.63, 3.8) is 0 Å². The standard InChI is InChI=1S/C18H33NO3Si/c1-11-9-8-10-13(16(11)20)15-14(17(21)19-15)12(2)22-23(6,7)18(3,4)5/h11-15H,8-10H2,1-7H3,(H,19,21)/t11-,12+,13-,14-,15+/m0/s1. The molecule has 1 aliphatic carbocycles. The van der Waals surface area contributed by atoms with E-state index in [0.29, 0.717) is 5.78 Å². The SMILES string of the molecule is C[C@H]1CCC[C@@H]([C@H]2NC(=O)[C@H]2[C@@H](C)O[Si](C)(C)C(C)(C)C)C1=O. The zero-order chi connectivity index (χ0) is 17.6. The first-order valence-corrected chi connectivity index (χ1v) is 11.9. The van der Waals surface area contributed by atoms with Gasteiger partial charge in [-0.2, -0.15) is 0 Å². The van der Waals surface area contributed by atoms with Gasteiger partial charge in [-0.3, -0.25) is 9.59 Å². The minimum atomic E-state index is -1.92. The van der Waals surface area contributed by atoms with E-state index in [1.54, 1.807) is 0 Å². The smallest absolute Gasteiger partial charge is 0.228 e. The van der Waals surface area contributed by atoms with Crippen molar-refractivity contribution in [3.05, 3.63) is 0 Å². The predicted molar refractivity (Wildman–Crippen MR) is 94.7 cm³/mol. The molecule has 132 valence electrons. The van der Waals surface area contributed by atoms with Gasteiger partial charge in [-0.15, -0.1) is 0 Å². The molecule has 1 heterocycles. The molecular formula is C18H33NO3Si. The summed E-state index contributed by atoms with van der Waals surface area (Å²) in [5.41, 5.74) is 0. The van der Waals surface area contributed by atoms with Crippen LogP contribution in [0.4, 0.5) is 0 Å². The number of rotatable bonds is 4. The maximum absolute atomic E-state index is 12.5. The van der Waals surface area contributed by atoms with E-state index in [9.17, 15) is 9.59 Å². The highest BCUT2D eigenvalue weighted by atomic mass is 28.4. The Hall–Kier alpha value is -0.683. The van der Waals surface area contributed by atoms with Gasteiger partial charge in [-0.1, -0.05) is 34.1 Å². The fraction of sp³-hybridized carbons (Fsp3) is 0.889. The number of carbonyl (C=O) groups is 2. The van der Waals surface area contributed by atoms with Crippen molar-refractivity contribution in [2.45, 2.75) is 84.2 Å². The summed E-state index contributed by atoms with van der Waals surface area (Å²) in [6, 6.07) is -0.0301. The maximum atomic E-state index is 12.5. The molecule has 1 aliphatic heterocycles. The third-order valence-corrected chi connectivity index (χ3v) is 10.8. The van der Waals surface area contributed by atoms with Crippen LogP contribution in [0.15, 0.2) is 0 Å². The highest BCUT2D eigenvalue weighted by Gasteiger charge is 2.52. The van der Waals surface area contributed by atoms with Gasteiger partial charge in [0.15, 0.2) is 8.32 Å². The van der Waals surface area contributed by atoms with Gasteiger partial charge in [0.1, 0.15) is 5.78 Å². The summed E-state index contributed by atoms with van der Waals surface area (Å²) >= 11 is 0. The van der Waals surface area contributed by atoms with Crippen molar-refractivity contribution in [2.75, 3.05) is 0 Å². The Morgan fingerprint density at radius 1 is 1.22 bits per heavy atom. The molecule has 0 aromatic carbocycles. The van der Waals surface area contributed by atoms with E-state index >= 15 is 0 Å². The minimum Gasteiger partial charge on any atom is -0.413 e. The molecule has 5 heteroatoms. The lowest BCUT2D eigenvalue weighted by atomic mass is 9.69. The van der Waals surface area contributed by atoms with Crippen LogP contribution in [0.25, 0.3) is 0 Å². The van der Waals surface area contributed by atoms with Gasteiger partial charge in [0.05, 0.1) is 18.1 Å². The molecule has 0 aromatic heterocycles. The van der Waals surface area contributed by atoms with Gasteiger partial charge in [-0.25, -0.2) is 0 Å². The monoisotopic (exact) mass is 339 g/mol. The van der Waals surface area contributed by atoms with E-state index in [1.807, 2.05) is 13.8 Å². The van der Waals surface area contributed by atoms with Crippen molar-refractivity contribution in [1.82, 2.24) is 5.32 Å². The fourth-order valence-electron chi connectivity index (χ4n) is 3.64. The van der Waals surface area contributed by atoms with Crippen molar-refractivity contribution >= 4 is 20.0 Å². The molecule has 1 saturated carbocycles. The van der Waals surface area contributed by atoms with Crippen LogP contribution in [-0.4, -0.2) is 32.2 Å². The Bertz CT molecular complexity index is 483. The minimum absolute atomic E-state index is 0.0214. The lowest BCUT2D eigenvalue weighted by Gasteiger charge is -2.48. The first kappa shape index (κ1) is 18.7. The van der Waals surface area contributed by atoms with E-state index in [0.717, 1.165) is 19.3 Å². The molecule has 2 aliphatic rings. The number of nitrogens with one attached hydrogen (secondary N) is 1. The molecule has 2 rings (SSSR count). The van der Waals surface area contributed by atoms with E-state index in [1.165, 1.54) is 0 Å². The molecule has 0 spiro atoms. The highest BCUT2D eigenvalue weighted by Crippen LogP contribution is 2.41. The number of ketones is 1. The van der Waals surface area contributed by atoms with Crippen LogP contribution in [0.5, 0.6) is 0 Å². The van der Waals surface area contributed by atoms with Crippen LogP contribution < -0.4 is 5.32 Å². The van der Waals surface area contributed by atoms with Crippen molar-refractivity contribution < 1.29 is 14.0 Å². The van der Waals surface area contributed by atoms with Crippen LogP contribution in [-0.2, 0) is 14.0 Å². The van der Waals surface area contributed by atoms with Gasteiger partial charge in [0, 0.05) is 11.8 Å². The number of carbonyl (C=O) groups excluding carboxylic acids is 2. The lowest BCUT2D eigenvalue weighted by Crippen LogP contribution is -2.67. The van der Waals surface area contributed by atoms with Gasteiger partial charge in [0.25, 0.3) is 0 Å². The summed E-state index contributed by atoms with van der Waals surface area (Å²) in [6.45, 7) is 15.1. The van der Waals surface area contributed by atoms with Crippen LogP contribution in [0, 0.1) is 17.8 Å². The summed E-state index contributed by atoms with van der Waals surface area (Å²) in [4.78, 5) is 24.7. The van der Waals surface area contributed by atoms with E-state index in [-0.39, 0.29) is 40.8 Å². The van der Waals surface area contributed by atoms with E-state index in [2.05, 4.69) is 39.2 Å². The molecule has 0 aromatic rings. The zero-order valence-corrected chi connectivity index (χ0v) is 16.7. The van der Waals surface area contributed by atoms with Crippen LogP contribution in [0.1, 0.15) is 53.9 Å². The summed E-state index contributed by atoms with van der Waals surface area (Å²) in [5, 5.41) is 3.11. The second-order valence-electron chi connectivity index (χ2n) is 8.98. The Labute approximate surface area is 141 Å². The molecule has 1 N–H and O–H groups in total. The highest BCUT2D eigenvalue weighted by molar-refractivity contribution is 6.74. The molecule has 0 unspecified atom stereocenters. The maximum Gasteiger partial charge on any atom is 0.228 e. The largest absolute Gasteiger partial charge is 0.413 e. The molecule has 1 amide bonds. The number of amides is 1. The average molecular weight is 340 g/mol. The Balaban J connectivity index is 2.08. The molecule has 1 saturated heterocycles.